The molecule has 2 rings (SSSR count). The summed E-state index contributed by atoms with van der Waals surface area (Å²) >= 11 is 0. The average molecular weight is 372 g/mol. The Morgan fingerprint density at radius 3 is 2.54 bits per heavy atom. The first-order chi connectivity index (χ1) is 12.3. The predicted octanol–water partition coefficient (Wildman–Crippen LogP) is 3.20. The zero-order valence-corrected chi connectivity index (χ0v) is 14.7. The summed E-state index contributed by atoms with van der Waals surface area (Å²) in [6.07, 6.45) is -2.86. The van der Waals surface area contributed by atoms with Crippen molar-refractivity contribution in [3.63, 3.8) is 0 Å². The van der Waals surface area contributed by atoms with Crippen LogP contribution in [0, 0.1) is 0 Å². The van der Waals surface area contributed by atoms with E-state index in [0.717, 1.165) is 34.4 Å². The molecule has 0 fully saturated rings. The van der Waals surface area contributed by atoms with Crippen molar-refractivity contribution >= 4 is 12.0 Å². The Balaban J connectivity index is 1.93. The van der Waals surface area contributed by atoms with Gasteiger partial charge in [0.25, 0.3) is 0 Å². The molecule has 144 valence electrons. The fourth-order valence-electron chi connectivity index (χ4n) is 2.81. The molecule has 0 aliphatic carbocycles. The molecule has 0 atom stereocenters. The zero-order valence-electron chi connectivity index (χ0n) is 14.7. The number of fused-ring (bicyclic) bond motifs is 1. The monoisotopic (exact) mass is 372 g/mol. The fourth-order valence-corrected chi connectivity index (χ4v) is 2.81. The molecular weight excluding hydrogens is 349 g/mol. The van der Waals surface area contributed by atoms with Crippen molar-refractivity contribution in [3.05, 3.63) is 34.9 Å². The van der Waals surface area contributed by atoms with Gasteiger partial charge in [-0.2, -0.15) is 13.2 Å². The second kappa shape index (κ2) is 8.91. The highest BCUT2D eigenvalue weighted by Gasteiger charge is 2.42. The van der Waals surface area contributed by atoms with Gasteiger partial charge in [-0.05, 0) is 36.0 Å². The minimum absolute atomic E-state index is 0.0291. The molecule has 0 aromatic heterocycles. The van der Waals surface area contributed by atoms with Crippen molar-refractivity contribution in [3.8, 4) is 0 Å². The second-order valence-electron chi connectivity index (χ2n) is 6.24. The van der Waals surface area contributed by atoms with Gasteiger partial charge in [0, 0.05) is 19.6 Å². The van der Waals surface area contributed by atoms with E-state index < -0.39 is 18.2 Å². The molecule has 0 radical (unpaired) electrons. The third-order valence-electron chi connectivity index (χ3n) is 4.27. The summed E-state index contributed by atoms with van der Waals surface area (Å²) in [5, 5.41) is 2.65. The number of ether oxygens (including phenoxy) is 1. The summed E-state index contributed by atoms with van der Waals surface area (Å²) in [7, 11) is 0. The quantitative estimate of drug-likeness (QED) is 0.808. The molecule has 8 heteroatoms. The Hall–Kier alpha value is -2.25. The number of nitrogens with one attached hydrogen (secondary N) is 1. The van der Waals surface area contributed by atoms with E-state index >= 15 is 0 Å². The summed E-state index contributed by atoms with van der Waals surface area (Å²) < 4.78 is 42.8. The summed E-state index contributed by atoms with van der Waals surface area (Å²) in [6.45, 7) is 2.73. The van der Waals surface area contributed by atoms with Crippen LogP contribution in [0.5, 0.6) is 0 Å². The Morgan fingerprint density at radius 2 is 1.88 bits per heavy atom. The van der Waals surface area contributed by atoms with Crippen molar-refractivity contribution < 1.29 is 27.5 Å². The molecule has 1 N–H and O–H groups in total. The number of rotatable bonds is 5. The maximum atomic E-state index is 12.6. The van der Waals surface area contributed by atoms with Crippen molar-refractivity contribution in [1.82, 2.24) is 10.2 Å². The van der Waals surface area contributed by atoms with E-state index in [1.165, 1.54) is 0 Å². The summed E-state index contributed by atoms with van der Waals surface area (Å²) in [4.78, 5) is 23.8. The number of alkyl carbamates (subject to hydrolysis) is 1. The van der Waals surface area contributed by atoms with Gasteiger partial charge < -0.3 is 15.0 Å². The third kappa shape index (κ3) is 5.64. The summed E-state index contributed by atoms with van der Waals surface area (Å²) in [6, 6.07) is 5.53. The number of hydrogen-bond donors (Lipinski definition) is 1. The van der Waals surface area contributed by atoms with Crippen LogP contribution in [0.1, 0.15) is 36.5 Å². The SMILES string of the molecule is CCCCOC(=O)NCc1ccc2c(c1)CCN(C(=O)C(F)(F)F)CC2. The molecule has 0 bridgehead atoms. The molecule has 0 unspecified atom stereocenters. The van der Waals surface area contributed by atoms with Crippen LogP contribution in [0.4, 0.5) is 18.0 Å². The standard InChI is InChI=1S/C18H23F3N2O3/c1-2-3-10-26-17(25)22-12-13-4-5-14-6-8-23(9-7-15(14)11-13)16(24)18(19,20)21/h4-5,11H,2-3,6-10,12H2,1H3,(H,22,25). The zero-order chi connectivity index (χ0) is 19.2. The number of hydrogen-bond acceptors (Lipinski definition) is 3. The first-order valence-electron chi connectivity index (χ1n) is 8.68. The lowest BCUT2D eigenvalue weighted by Crippen LogP contribution is -2.42. The van der Waals surface area contributed by atoms with Crippen LogP contribution in [-0.2, 0) is 28.9 Å². The number of carbonyl (C=O) groups is 2. The van der Waals surface area contributed by atoms with Crippen LogP contribution in [-0.4, -0.2) is 42.8 Å². The largest absolute Gasteiger partial charge is 0.471 e. The van der Waals surface area contributed by atoms with Crippen molar-refractivity contribution in [1.29, 1.82) is 0 Å². The van der Waals surface area contributed by atoms with Crippen LogP contribution < -0.4 is 5.32 Å². The predicted molar refractivity (Wildman–Crippen MR) is 89.6 cm³/mol. The van der Waals surface area contributed by atoms with Crippen LogP contribution in [0.3, 0.4) is 0 Å². The van der Waals surface area contributed by atoms with Gasteiger partial charge in [0.1, 0.15) is 0 Å². The normalized spacial score (nSPS) is 14.4. The molecular formula is C18H23F3N2O3. The van der Waals surface area contributed by atoms with Gasteiger partial charge in [-0.3, -0.25) is 4.79 Å². The molecule has 5 nitrogen and oxygen atoms in total. The highest BCUT2D eigenvalue weighted by molar-refractivity contribution is 5.82. The van der Waals surface area contributed by atoms with Gasteiger partial charge in [0.15, 0.2) is 0 Å². The number of unbranched alkanes of at least 4 members (excludes halogenated alkanes) is 1. The van der Waals surface area contributed by atoms with E-state index in [0.29, 0.717) is 19.4 Å². The highest BCUT2D eigenvalue weighted by Crippen LogP contribution is 2.23. The molecule has 26 heavy (non-hydrogen) atoms. The molecule has 2 amide bonds. The van der Waals surface area contributed by atoms with Gasteiger partial charge in [-0.1, -0.05) is 31.5 Å². The lowest BCUT2D eigenvalue weighted by atomic mass is 10.00. The molecule has 1 aliphatic heterocycles. The smallest absolute Gasteiger partial charge is 0.450 e. The molecule has 1 heterocycles. The lowest BCUT2D eigenvalue weighted by Gasteiger charge is -2.21. The van der Waals surface area contributed by atoms with Gasteiger partial charge in [0.05, 0.1) is 6.61 Å². The summed E-state index contributed by atoms with van der Waals surface area (Å²) in [5.41, 5.74) is 2.67. The third-order valence-corrected chi connectivity index (χ3v) is 4.27. The second-order valence-corrected chi connectivity index (χ2v) is 6.24. The first kappa shape index (κ1) is 20.1. The first-order valence-corrected chi connectivity index (χ1v) is 8.68. The van der Waals surface area contributed by atoms with Crippen LogP contribution >= 0.6 is 0 Å². The number of benzene rings is 1. The van der Waals surface area contributed by atoms with Crippen LogP contribution in [0.15, 0.2) is 18.2 Å². The van der Waals surface area contributed by atoms with E-state index in [-0.39, 0.29) is 19.6 Å². The number of amides is 2. The average Bonchev–Trinajstić information content (AvgIpc) is 2.81. The van der Waals surface area contributed by atoms with Gasteiger partial charge in [-0.15, -0.1) is 0 Å². The fraction of sp³-hybridized carbons (Fsp3) is 0.556. The number of alkyl halides is 3. The minimum Gasteiger partial charge on any atom is -0.450 e. The molecule has 1 aliphatic rings. The Morgan fingerprint density at radius 1 is 1.19 bits per heavy atom. The van der Waals surface area contributed by atoms with Gasteiger partial charge in [-0.25, -0.2) is 4.79 Å². The van der Waals surface area contributed by atoms with Gasteiger partial charge >= 0.3 is 18.2 Å². The van der Waals surface area contributed by atoms with Crippen LogP contribution in [0.25, 0.3) is 0 Å². The van der Waals surface area contributed by atoms with Crippen LogP contribution in [0.2, 0.25) is 0 Å². The molecule has 0 spiro atoms. The van der Waals surface area contributed by atoms with Crippen molar-refractivity contribution in [2.75, 3.05) is 19.7 Å². The number of halogens is 3. The lowest BCUT2D eigenvalue weighted by molar-refractivity contribution is -0.185. The van der Waals surface area contributed by atoms with E-state index in [1.54, 1.807) is 0 Å². The number of nitrogens with zero attached hydrogens (tertiary/aromatic N) is 1. The van der Waals surface area contributed by atoms with Crippen molar-refractivity contribution in [2.24, 2.45) is 0 Å². The maximum absolute atomic E-state index is 12.6. The Kier molecular flexibility index (Phi) is 6.88. The Bertz CT molecular complexity index is 647. The number of carbonyl (C=O) groups excluding carboxylic acids is 2. The highest BCUT2D eigenvalue weighted by atomic mass is 19.4. The minimum atomic E-state index is -4.84. The summed E-state index contributed by atoms with van der Waals surface area (Å²) in [5.74, 6) is -1.79. The Labute approximate surface area is 150 Å². The molecule has 1 aromatic rings. The van der Waals surface area contributed by atoms with Gasteiger partial charge in [0.2, 0.25) is 0 Å². The van der Waals surface area contributed by atoms with E-state index in [1.807, 2.05) is 25.1 Å². The molecule has 0 saturated carbocycles. The van der Waals surface area contributed by atoms with E-state index in [2.05, 4.69) is 5.32 Å². The molecule has 1 aromatic carbocycles. The maximum Gasteiger partial charge on any atom is 0.471 e. The van der Waals surface area contributed by atoms with E-state index in [4.69, 9.17) is 4.74 Å². The molecule has 0 saturated heterocycles. The topological polar surface area (TPSA) is 58.6 Å². The van der Waals surface area contributed by atoms with E-state index in [9.17, 15) is 22.8 Å². The van der Waals surface area contributed by atoms with Crippen molar-refractivity contribution in [2.45, 2.75) is 45.3 Å².